The van der Waals surface area contributed by atoms with Gasteiger partial charge in [-0.05, 0) is 95.5 Å². The van der Waals surface area contributed by atoms with Gasteiger partial charge in [0.25, 0.3) is 5.92 Å². The second-order valence-corrected chi connectivity index (χ2v) is 13.9. The highest BCUT2D eigenvalue weighted by molar-refractivity contribution is 6.01. The molecule has 0 saturated heterocycles. The molecule has 6 rings (SSSR count). The average Bonchev–Trinajstić information content (AvgIpc) is 3.81. The van der Waals surface area contributed by atoms with Crippen molar-refractivity contribution in [1.29, 1.82) is 0 Å². The zero-order chi connectivity index (χ0) is 35.4. The second-order valence-electron chi connectivity index (χ2n) is 13.9. The highest BCUT2D eigenvalue weighted by atomic mass is 19.3. The van der Waals surface area contributed by atoms with Gasteiger partial charge in [0, 0.05) is 34.7 Å². The molecule has 1 amide bonds. The van der Waals surface area contributed by atoms with Crippen LogP contribution in [-0.2, 0) is 15.8 Å². The number of hydrogen-bond acceptors (Lipinski definition) is 8. The van der Waals surface area contributed by atoms with Crippen LogP contribution >= 0.6 is 0 Å². The Kier molecular flexibility index (Phi) is 8.69. The molecule has 0 bridgehead atoms. The Hall–Kier alpha value is -4.55. The van der Waals surface area contributed by atoms with Crippen LogP contribution in [-0.4, -0.2) is 62.7 Å². The van der Waals surface area contributed by atoms with Crippen molar-refractivity contribution >= 4 is 22.6 Å². The lowest BCUT2D eigenvalue weighted by molar-refractivity contribution is -0.161. The highest BCUT2D eigenvalue weighted by Gasteiger charge is 2.49. The third kappa shape index (κ3) is 6.84. The highest BCUT2D eigenvalue weighted by Crippen LogP contribution is 2.46. The summed E-state index contributed by atoms with van der Waals surface area (Å²) in [5, 5.41) is 24.7. The number of nitrogens with zero attached hydrogens (tertiary/aromatic N) is 2. The van der Waals surface area contributed by atoms with E-state index in [0.717, 1.165) is 32.1 Å². The van der Waals surface area contributed by atoms with Crippen LogP contribution in [0.3, 0.4) is 0 Å². The number of fused-ring (bicyclic) bond motifs is 2. The SMILES string of the molecule is CC(C)(O)C(F)(F)CNC(=O)[C@@]1(C)COc2c1cc([C@@](C)(O)CCC(=O)c1cc(OC3CC3)c3ncccc3c1)nc2-c1ccc(F)cc1. The first-order chi connectivity index (χ1) is 23.0. The van der Waals surface area contributed by atoms with E-state index >= 15 is 0 Å². The Balaban J connectivity index is 1.31. The average molecular weight is 678 g/mol. The molecule has 3 N–H and O–H groups in total. The molecule has 0 spiro atoms. The molecule has 1 aliphatic carbocycles. The van der Waals surface area contributed by atoms with Gasteiger partial charge in [0.2, 0.25) is 5.91 Å². The monoisotopic (exact) mass is 677 g/mol. The molecule has 2 atom stereocenters. The number of aromatic nitrogens is 2. The summed E-state index contributed by atoms with van der Waals surface area (Å²) in [6.45, 7) is 3.56. The second kappa shape index (κ2) is 12.4. The van der Waals surface area contributed by atoms with Gasteiger partial charge in [-0.1, -0.05) is 6.07 Å². The molecule has 0 radical (unpaired) electrons. The molecule has 12 heteroatoms. The summed E-state index contributed by atoms with van der Waals surface area (Å²) in [5.74, 6) is -4.45. The van der Waals surface area contributed by atoms with E-state index in [1.807, 2.05) is 6.07 Å². The van der Waals surface area contributed by atoms with Crippen LogP contribution in [0.2, 0.25) is 0 Å². The van der Waals surface area contributed by atoms with Gasteiger partial charge in [-0.3, -0.25) is 14.6 Å². The fourth-order valence-corrected chi connectivity index (χ4v) is 5.66. The maximum Gasteiger partial charge on any atom is 0.292 e. The summed E-state index contributed by atoms with van der Waals surface area (Å²) in [5.41, 5.74) is -3.52. The number of carbonyl (C=O) groups is 2. The summed E-state index contributed by atoms with van der Waals surface area (Å²) in [7, 11) is 0. The van der Waals surface area contributed by atoms with Gasteiger partial charge >= 0.3 is 0 Å². The number of Topliss-reactive ketones (excluding diaryl/α,β-unsaturated/α-hetero) is 1. The van der Waals surface area contributed by atoms with Crippen molar-refractivity contribution in [2.45, 2.75) is 82.0 Å². The van der Waals surface area contributed by atoms with E-state index in [-0.39, 0.29) is 54.0 Å². The lowest BCUT2D eigenvalue weighted by Gasteiger charge is -2.31. The minimum absolute atomic E-state index is 0.0635. The standard InChI is InChI=1S/C37H38F3N3O6/c1-34(2,46)37(39,40)19-42-33(45)35(3)20-48-32-26(35)18-29(43-31(32)21-7-9-24(38)10-8-21)36(4,47)14-13-27(44)23-16-22-6-5-15-41-30(22)28(17-23)49-25-11-12-25/h5-10,15-18,25,46-47H,11-14,19-20H2,1-4H3,(H,42,45)/t35-,36-/m0/s1. The number of halogens is 3. The summed E-state index contributed by atoms with van der Waals surface area (Å²) < 4.78 is 55.0. The van der Waals surface area contributed by atoms with Crippen molar-refractivity contribution in [3.05, 3.63) is 83.4 Å². The minimum atomic E-state index is -3.63. The number of pyridine rings is 2. The fraction of sp³-hybridized carbons (Fsp3) is 0.405. The Morgan fingerprint density at radius 1 is 1.08 bits per heavy atom. The van der Waals surface area contributed by atoms with Crippen molar-refractivity contribution < 1.29 is 42.4 Å². The number of aliphatic hydroxyl groups is 2. The first-order valence-electron chi connectivity index (χ1n) is 16.1. The number of benzene rings is 2. The molecule has 2 aromatic heterocycles. The Bertz CT molecular complexity index is 1920. The topological polar surface area (TPSA) is 131 Å². The van der Waals surface area contributed by atoms with Crippen LogP contribution in [0.15, 0.2) is 60.8 Å². The smallest absolute Gasteiger partial charge is 0.292 e. The first-order valence-corrected chi connectivity index (χ1v) is 16.1. The summed E-state index contributed by atoms with van der Waals surface area (Å²) >= 11 is 0. The maximum atomic E-state index is 14.6. The molecule has 2 aromatic carbocycles. The lowest BCUT2D eigenvalue weighted by Crippen LogP contribution is -2.54. The molecule has 3 heterocycles. The van der Waals surface area contributed by atoms with Crippen molar-refractivity contribution in [2.24, 2.45) is 0 Å². The van der Waals surface area contributed by atoms with Crippen LogP contribution in [0.4, 0.5) is 13.2 Å². The fourth-order valence-electron chi connectivity index (χ4n) is 5.66. The van der Waals surface area contributed by atoms with Gasteiger partial charge in [0.05, 0.1) is 18.3 Å². The van der Waals surface area contributed by atoms with Gasteiger partial charge in [0.15, 0.2) is 5.78 Å². The van der Waals surface area contributed by atoms with E-state index in [0.29, 0.717) is 22.4 Å². The predicted molar refractivity (Wildman–Crippen MR) is 175 cm³/mol. The zero-order valence-corrected chi connectivity index (χ0v) is 27.6. The van der Waals surface area contributed by atoms with Gasteiger partial charge in [-0.15, -0.1) is 0 Å². The van der Waals surface area contributed by atoms with Gasteiger partial charge in [-0.2, -0.15) is 0 Å². The number of nitrogens with one attached hydrogen (secondary N) is 1. The molecule has 4 aromatic rings. The molecular weight excluding hydrogens is 639 g/mol. The molecule has 9 nitrogen and oxygen atoms in total. The van der Waals surface area contributed by atoms with E-state index in [2.05, 4.69) is 15.3 Å². The van der Waals surface area contributed by atoms with Crippen molar-refractivity contribution in [2.75, 3.05) is 13.2 Å². The van der Waals surface area contributed by atoms with E-state index in [1.54, 1.807) is 24.4 Å². The Morgan fingerprint density at radius 3 is 2.47 bits per heavy atom. The van der Waals surface area contributed by atoms with Crippen molar-refractivity contribution in [3.8, 4) is 22.8 Å². The van der Waals surface area contributed by atoms with Gasteiger partial charge in [0.1, 0.15) is 51.8 Å². The summed E-state index contributed by atoms with van der Waals surface area (Å²) in [6, 6.07) is 13.9. The number of alkyl halides is 2. The number of amides is 1. The third-order valence-corrected chi connectivity index (χ3v) is 9.26. The summed E-state index contributed by atoms with van der Waals surface area (Å²) in [6.07, 6.45) is 3.48. The molecule has 49 heavy (non-hydrogen) atoms. The molecular formula is C37H38F3N3O6. The summed E-state index contributed by atoms with van der Waals surface area (Å²) in [4.78, 5) is 36.2. The van der Waals surface area contributed by atoms with Gasteiger partial charge in [-0.25, -0.2) is 18.2 Å². The van der Waals surface area contributed by atoms with Crippen LogP contribution in [0.5, 0.6) is 11.5 Å². The number of hydrogen-bond donors (Lipinski definition) is 3. The van der Waals surface area contributed by atoms with E-state index in [4.69, 9.17) is 9.47 Å². The van der Waals surface area contributed by atoms with E-state index in [9.17, 15) is 33.0 Å². The quantitative estimate of drug-likeness (QED) is 0.155. The Labute approximate surface area is 281 Å². The number of ether oxygens (including phenoxy) is 2. The molecule has 258 valence electrons. The van der Waals surface area contributed by atoms with Crippen LogP contribution in [0.1, 0.15) is 75.0 Å². The number of ketones is 1. The lowest BCUT2D eigenvalue weighted by atomic mass is 9.81. The molecule has 1 aliphatic heterocycles. The zero-order valence-electron chi connectivity index (χ0n) is 27.6. The van der Waals surface area contributed by atoms with Gasteiger partial charge < -0.3 is 25.0 Å². The van der Waals surface area contributed by atoms with E-state index in [1.165, 1.54) is 44.2 Å². The number of carbonyl (C=O) groups excluding carboxylic acids is 2. The van der Waals surface area contributed by atoms with E-state index < -0.39 is 40.8 Å². The first kappa shape index (κ1) is 34.3. The number of rotatable bonds is 12. The molecule has 0 unspecified atom stereocenters. The molecule has 1 saturated carbocycles. The molecule has 1 fully saturated rings. The Morgan fingerprint density at radius 2 is 1.80 bits per heavy atom. The van der Waals surface area contributed by atoms with Crippen LogP contribution in [0, 0.1) is 5.82 Å². The predicted octanol–water partition coefficient (Wildman–Crippen LogP) is 6.02. The minimum Gasteiger partial charge on any atom is -0.489 e. The van der Waals surface area contributed by atoms with Crippen LogP contribution in [0.25, 0.3) is 22.2 Å². The van der Waals surface area contributed by atoms with Crippen LogP contribution < -0.4 is 14.8 Å². The normalized spacial score (nSPS) is 18.8. The maximum absolute atomic E-state index is 14.6. The third-order valence-electron chi connectivity index (χ3n) is 9.26. The van der Waals surface area contributed by atoms with Crippen molar-refractivity contribution in [3.63, 3.8) is 0 Å². The van der Waals surface area contributed by atoms with Crippen molar-refractivity contribution in [1.82, 2.24) is 15.3 Å². The largest absolute Gasteiger partial charge is 0.489 e. The molecule has 2 aliphatic rings.